The Morgan fingerprint density at radius 2 is 1.89 bits per heavy atom. The molecule has 1 fully saturated rings. The molecule has 142 valence electrons. The second-order valence-corrected chi connectivity index (χ2v) is 7.18. The highest BCUT2D eigenvalue weighted by Crippen LogP contribution is 2.41. The van der Waals surface area contributed by atoms with E-state index in [1.807, 2.05) is 37.3 Å². The molecule has 8 heteroatoms. The molecule has 27 heavy (non-hydrogen) atoms. The molecule has 0 aliphatic carbocycles. The van der Waals surface area contributed by atoms with Crippen LogP contribution in [0.2, 0.25) is 5.02 Å². The molecule has 4 rings (SSSR count). The van der Waals surface area contributed by atoms with E-state index < -0.39 is 12.0 Å². The van der Waals surface area contributed by atoms with Gasteiger partial charge in [-0.25, -0.2) is 5.01 Å². The van der Waals surface area contributed by atoms with Gasteiger partial charge in [0, 0.05) is 22.4 Å². The minimum Gasteiger partial charge on any atom is -0.457 e. The van der Waals surface area contributed by atoms with E-state index in [0.29, 0.717) is 24.0 Å². The van der Waals surface area contributed by atoms with Crippen molar-refractivity contribution in [3.8, 4) is 5.75 Å². The predicted molar refractivity (Wildman–Crippen MR) is 103 cm³/mol. The van der Waals surface area contributed by atoms with E-state index in [1.165, 1.54) is 4.53 Å². The van der Waals surface area contributed by atoms with Gasteiger partial charge in [-0.1, -0.05) is 41.9 Å². The number of hydrogen-bond donors (Lipinski definition) is 0. The Bertz CT molecular complexity index is 806. The van der Waals surface area contributed by atoms with Crippen molar-refractivity contribution in [2.45, 2.75) is 25.0 Å². The van der Waals surface area contributed by atoms with E-state index >= 15 is 0 Å². The van der Waals surface area contributed by atoms with Crippen molar-refractivity contribution in [2.75, 3.05) is 13.3 Å². The SMILES string of the molecule is CC1COC(C(Oc2ccc(Cl)cc2)(c2ccccc2)N2C=NCN2Cl)O1. The third-order valence-electron chi connectivity index (χ3n) is 4.40. The minimum absolute atomic E-state index is 0.0739. The first-order chi connectivity index (χ1) is 13.1. The van der Waals surface area contributed by atoms with Gasteiger partial charge in [0.05, 0.1) is 12.7 Å². The van der Waals surface area contributed by atoms with Gasteiger partial charge in [-0.2, -0.15) is 0 Å². The minimum atomic E-state index is -1.21. The molecular weight excluding hydrogens is 389 g/mol. The van der Waals surface area contributed by atoms with Gasteiger partial charge in [0.25, 0.3) is 5.72 Å². The van der Waals surface area contributed by atoms with E-state index in [1.54, 1.807) is 35.6 Å². The van der Waals surface area contributed by atoms with Crippen LogP contribution in [0.25, 0.3) is 0 Å². The van der Waals surface area contributed by atoms with Gasteiger partial charge in [-0.05, 0) is 31.2 Å². The molecule has 3 unspecified atom stereocenters. The number of hydrazine groups is 1. The highest BCUT2D eigenvalue weighted by atomic mass is 35.5. The van der Waals surface area contributed by atoms with E-state index in [4.69, 9.17) is 37.6 Å². The molecule has 0 N–H and O–H groups in total. The molecule has 2 aromatic carbocycles. The number of hydrogen-bond acceptors (Lipinski definition) is 6. The van der Waals surface area contributed by atoms with Crippen LogP contribution in [0.15, 0.2) is 59.6 Å². The van der Waals surface area contributed by atoms with Gasteiger partial charge in [-0.3, -0.25) is 4.99 Å². The fraction of sp³-hybridized carbons (Fsp3) is 0.316. The quantitative estimate of drug-likeness (QED) is 0.700. The fourth-order valence-electron chi connectivity index (χ4n) is 3.16. The molecule has 0 aromatic heterocycles. The number of halogens is 2. The van der Waals surface area contributed by atoms with E-state index in [0.717, 1.165) is 5.56 Å². The maximum Gasteiger partial charge on any atom is 0.275 e. The summed E-state index contributed by atoms with van der Waals surface area (Å²) in [5.74, 6) is 0.598. The Hall–Kier alpha value is -1.83. The standard InChI is InChI=1S/C19H19Cl2N3O3/c1-14-11-25-18(26-14)19(15-5-3-2-4-6-15,23-12-22-13-24(23)21)27-17-9-7-16(20)8-10-17/h2-10,12,14,18H,11,13H2,1H3. The van der Waals surface area contributed by atoms with E-state index in [2.05, 4.69) is 4.99 Å². The van der Waals surface area contributed by atoms with E-state index in [-0.39, 0.29) is 6.10 Å². The van der Waals surface area contributed by atoms with Crippen LogP contribution < -0.4 is 4.74 Å². The van der Waals surface area contributed by atoms with Crippen LogP contribution in [-0.2, 0) is 15.2 Å². The summed E-state index contributed by atoms with van der Waals surface area (Å²) in [6.45, 7) is 2.70. The number of nitrogens with zero attached hydrogens (tertiary/aromatic N) is 3. The molecule has 2 heterocycles. The lowest BCUT2D eigenvalue weighted by Gasteiger charge is -2.45. The van der Waals surface area contributed by atoms with Crippen LogP contribution in [0.5, 0.6) is 5.75 Å². The Kier molecular flexibility index (Phi) is 5.25. The van der Waals surface area contributed by atoms with Gasteiger partial charge in [0.2, 0.25) is 6.29 Å². The lowest BCUT2D eigenvalue weighted by molar-refractivity contribution is -0.253. The second-order valence-electron chi connectivity index (χ2n) is 6.35. The molecule has 2 aromatic rings. The lowest BCUT2D eigenvalue weighted by Crippen LogP contribution is -2.60. The summed E-state index contributed by atoms with van der Waals surface area (Å²) in [6, 6.07) is 16.8. The van der Waals surface area contributed by atoms with Crippen molar-refractivity contribution in [3.05, 3.63) is 65.2 Å². The Morgan fingerprint density at radius 3 is 2.48 bits per heavy atom. The third kappa shape index (κ3) is 3.51. The van der Waals surface area contributed by atoms with Crippen LogP contribution in [0.3, 0.4) is 0 Å². The predicted octanol–water partition coefficient (Wildman–Crippen LogP) is 4.01. The summed E-state index contributed by atoms with van der Waals surface area (Å²) in [5, 5.41) is 2.32. The summed E-state index contributed by atoms with van der Waals surface area (Å²) in [5.41, 5.74) is -0.389. The Labute approximate surface area is 167 Å². The fourth-order valence-corrected chi connectivity index (χ4v) is 3.50. The molecule has 6 nitrogen and oxygen atoms in total. The summed E-state index contributed by atoms with van der Waals surface area (Å²) >= 11 is 12.5. The van der Waals surface area contributed by atoms with Crippen molar-refractivity contribution in [1.29, 1.82) is 0 Å². The topological polar surface area (TPSA) is 46.5 Å². The smallest absolute Gasteiger partial charge is 0.275 e. The zero-order chi connectivity index (χ0) is 18.9. The third-order valence-corrected chi connectivity index (χ3v) is 4.92. The number of aliphatic imine (C=N–C) groups is 1. The number of rotatable bonds is 5. The molecule has 0 radical (unpaired) electrons. The largest absolute Gasteiger partial charge is 0.457 e. The van der Waals surface area contributed by atoms with Gasteiger partial charge in [-0.15, -0.1) is 4.53 Å². The van der Waals surface area contributed by atoms with Gasteiger partial charge in [0.15, 0.2) is 0 Å². The average Bonchev–Trinajstić information content (AvgIpc) is 3.31. The summed E-state index contributed by atoms with van der Waals surface area (Å²) in [7, 11) is 0. The summed E-state index contributed by atoms with van der Waals surface area (Å²) in [4.78, 5) is 4.27. The number of benzene rings is 2. The highest BCUT2D eigenvalue weighted by molar-refractivity contribution is 6.30. The van der Waals surface area contributed by atoms with Crippen molar-refractivity contribution in [2.24, 2.45) is 4.99 Å². The van der Waals surface area contributed by atoms with Gasteiger partial charge in [0.1, 0.15) is 18.8 Å². The van der Waals surface area contributed by atoms with Crippen LogP contribution >= 0.6 is 23.4 Å². The van der Waals surface area contributed by atoms with Crippen molar-refractivity contribution < 1.29 is 14.2 Å². The zero-order valence-corrected chi connectivity index (χ0v) is 16.2. The molecular formula is C19H19Cl2N3O3. The second kappa shape index (κ2) is 7.66. The van der Waals surface area contributed by atoms with Gasteiger partial charge >= 0.3 is 0 Å². The van der Waals surface area contributed by atoms with Crippen molar-refractivity contribution in [1.82, 2.24) is 9.54 Å². The summed E-state index contributed by atoms with van der Waals surface area (Å²) in [6.07, 6.45) is 0.831. The first kappa shape index (κ1) is 18.5. The molecule has 1 saturated heterocycles. The molecule has 0 spiro atoms. The zero-order valence-electron chi connectivity index (χ0n) is 14.7. The van der Waals surface area contributed by atoms with Crippen LogP contribution in [0.4, 0.5) is 0 Å². The molecule has 0 saturated carbocycles. The summed E-state index contributed by atoms with van der Waals surface area (Å²) < 4.78 is 20.0. The molecule has 0 bridgehead atoms. The first-order valence-corrected chi connectivity index (χ1v) is 9.31. The first-order valence-electron chi connectivity index (χ1n) is 8.59. The maximum absolute atomic E-state index is 6.53. The van der Waals surface area contributed by atoms with Crippen LogP contribution in [0.1, 0.15) is 12.5 Å². The van der Waals surface area contributed by atoms with Crippen LogP contribution in [-0.4, -0.2) is 41.5 Å². The van der Waals surface area contributed by atoms with Crippen LogP contribution in [0, 0.1) is 0 Å². The maximum atomic E-state index is 6.53. The van der Waals surface area contributed by atoms with E-state index in [9.17, 15) is 0 Å². The number of ether oxygens (including phenoxy) is 3. The molecule has 2 aliphatic rings. The Morgan fingerprint density at radius 1 is 1.15 bits per heavy atom. The average molecular weight is 408 g/mol. The Balaban J connectivity index is 1.85. The molecule has 3 atom stereocenters. The van der Waals surface area contributed by atoms with Crippen molar-refractivity contribution in [3.63, 3.8) is 0 Å². The lowest BCUT2D eigenvalue weighted by atomic mass is 10.0. The van der Waals surface area contributed by atoms with Gasteiger partial charge < -0.3 is 14.2 Å². The monoisotopic (exact) mass is 407 g/mol. The van der Waals surface area contributed by atoms with Crippen molar-refractivity contribution >= 4 is 29.7 Å². The molecule has 0 amide bonds. The molecule has 2 aliphatic heterocycles. The normalized spacial score (nSPS) is 24.9. The highest BCUT2D eigenvalue weighted by Gasteiger charge is 2.55.